The van der Waals surface area contributed by atoms with Crippen LogP contribution in [0.5, 0.6) is 0 Å². The number of rotatable bonds is 9. The van der Waals surface area contributed by atoms with Crippen molar-refractivity contribution in [2.75, 3.05) is 23.7 Å². The number of anilines is 2. The van der Waals surface area contributed by atoms with Gasteiger partial charge in [-0.25, -0.2) is 9.78 Å². The molecule has 2 aromatic carbocycles. The van der Waals surface area contributed by atoms with E-state index in [1.54, 1.807) is 30.5 Å². The predicted octanol–water partition coefficient (Wildman–Crippen LogP) is 2.79. The van der Waals surface area contributed by atoms with Crippen LogP contribution in [0.15, 0.2) is 65.2 Å². The van der Waals surface area contributed by atoms with Crippen molar-refractivity contribution in [2.45, 2.75) is 19.3 Å². The fraction of sp³-hybridized carbons (Fsp3) is 0.208. The zero-order valence-electron chi connectivity index (χ0n) is 18.2. The molecule has 1 saturated heterocycles. The molecule has 0 spiro atoms. The lowest BCUT2D eigenvalue weighted by atomic mass is 10.2. The number of aryl methyl sites for hydroxylation is 1. The zero-order valence-corrected chi connectivity index (χ0v) is 18.2. The van der Waals surface area contributed by atoms with Gasteiger partial charge in [-0.05, 0) is 24.3 Å². The van der Waals surface area contributed by atoms with Gasteiger partial charge >= 0.3 is 6.03 Å². The minimum Gasteiger partial charge on any atom is -0.441 e. The van der Waals surface area contributed by atoms with Crippen LogP contribution in [0.1, 0.15) is 18.7 Å². The topological polar surface area (TPSA) is 134 Å². The van der Waals surface area contributed by atoms with Gasteiger partial charge in [-0.15, -0.1) is 0 Å². The van der Waals surface area contributed by atoms with Gasteiger partial charge in [-0.1, -0.05) is 30.3 Å². The van der Waals surface area contributed by atoms with E-state index in [0.29, 0.717) is 29.4 Å². The number of aromatic nitrogens is 1. The first-order valence-electron chi connectivity index (χ1n) is 10.8. The van der Waals surface area contributed by atoms with E-state index in [1.165, 1.54) is 0 Å². The number of nitrogens with zero attached hydrogens (tertiary/aromatic N) is 2. The average Bonchev–Trinajstić information content (AvgIpc) is 3.45. The van der Waals surface area contributed by atoms with Crippen molar-refractivity contribution >= 4 is 35.1 Å². The number of benzene rings is 2. The lowest BCUT2D eigenvalue weighted by molar-refractivity contribution is -0.125. The first-order valence-corrected chi connectivity index (χ1v) is 10.8. The maximum atomic E-state index is 12.3. The smallest absolute Gasteiger partial charge is 0.324 e. The molecular formula is C24H23N5O5. The van der Waals surface area contributed by atoms with Crippen molar-refractivity contribution in [2.24, 2.45) is 0 Å². The third-order valence-corrected chi connectivity index (χ3v) is 5.13. The molecule has 4 rings (SSSR count). The Bertz CT molecular complexity index is 1170. The number of nitrogens with one attached hydrogen (secondary N) is 3. The Labute approximate surface area is 195 Å². The molecule has 0 saturated carbocycles. The van der Waals surface area contributed by atoms with Gasteiger partial charge in [0.05, 0.1) is 12.7 Å². The van der Waals surface area contributed by atoms with Crippen molar-refractivity contribution in [3.05, 3.63) is 66.7 Å². The van der Waals surface area contributed by atoms with E-state index >= 15 is 0 Å². The van der Waals surface area contributed by atoms with Gasteiger partial charge in [0.2, 0.25) is 17.7 Å². The lowest BCUT2D eigenvalue weighted by Gasteiger charge is -2.12. The van der Waals surface area contributed by atoms with Crippen molar-refractivity contribution in [1.82, 2.24) is 15.2 Å². The SMILES string of the molecule is O=C(CCc1ncc(-c2ccccc2)o1)Nc1ccc(NC(=O)CCN2C(=O)CNC2=O)cc1. The van der Waals surface area contributed by atoms with Crippen molar-refractivity contribution in [3.8, 4) is 11.3 Å². The van der Waals surface area contributed by atoms with Gasteiger partial charge in [-0.2, -0.15) is 0 Å². The molecule has 10 heteroatoms. The fourth-order valence-corrected chi connectivity index (χ4v) is 3.36. The van der Waals surface area contributed by atoms with Crippen LogP contribution in [0.3, 0.4) is 0 Å². The van der Waals surface area contributed by atoms with E-state index in [4.69, 9.17) is 4.42 Å². The number of hydrogen-bond acceptors (Lipinski definition) is 6. The van der Waals surface area contributed by atoms with Crippen molar-refractivity contribution < 1.29 is 23.6 Å². The standard InChI is InChI=1S/C24H23N5O5/c30-20(10-11-22-25-14-19(34-22)16-4-2-1-3-5-16)27-17-6-8-18(9-7-17)28-21(31)12-13-29-23(32)15-26-24(29)33/h1-9,14H,10-13,15H2,(H,26,33)(H,27,30)(H,28,31). The second-order valence-electron chi connectivity index (χ2n) is 7.61. The molecule has 0 radical (unpaired) electrons. The summed E-state index contributed by atoms with van der Waals surface area (Å²) in [6.45, 7) is -0.0254. The van der Waals surface area contributed by atoms with Crippen molar-refractivity contribution in [3.63, 3.8) is 0 Å². The van der Waals surface area contributed by atoms with Crippen LogP contribution >= 0.6 is 0 Å². The average molecular weight is 461 g/mol. The van der Waals surface area contributed by atoms with Gasteiger partial charge in [-0.3, -0.25) is 19.3 Å². The number of imide groups is 1. The molecule has 10 nitrogen and oxygen atoms in total. The summed E-state index contributed by atoms with van der Waals surface area (Å²) in [5, 5.41) is 7.89. The molecule has 1 aliphatic rings. The normalized spacial score (nSPS) is 13.0. The van der Waals surface area contributed by atoms with Crippen LogP contribution in [0.4, 0.5) is 16.2 Å². The highest BCUT2D eigenvalue weighted by atomic mass is 16.4. The minimum atomic E-state index is -0.489. The Morgan fingerprint density at radius 1 is 0.941 bits per heavy atom. The summed E-state index contributed by atoms with van der Waals surface area (Å²) in [6, 6.07) is 15.8. The molecule has 34 heavy (non-hydrogen) atoms. The van der Waals surface area contributed by atoms with Gasteiger partial charge < -0.3 is 20.4 Å². The molecule has 1 fully saturated rings. The Hall–Kier alpha value is -4.47. The summed E-state index contributed by atoms with van der Waals surface area (Å²) in [5.41, 5.74) is 2.04. The van der Waals surface area contributed by atoms with Crippen LogP contribution < -0.4 is 16.0 Å². The molecule has 0 unspecified atom stereocenters. The second-order valence-corrected chi connectivity index (χ2v) is 7.61. The van der Waals surface area contributed by atoms with Gasteiger partial charge in [0.25, 0.3) is 0 Å². The summed E-state index contributed by atoms with van der Waals surface area (Å²) in [4.78, 5) is 52.6. The molecule has 1 aromatic heterocycles. The maximum Gasteiger partial charge on any atom is 0.324 e. The Kier molecular flexibility index (Phi) is 6.97. The number of amides is 5. The Morgan fingerprint density at radius 3 is 2.21 bits per heavy atom. The molecule has 3 N–H and O–H groups in total. The lowest BCUT2D eigenvalue weighted by Crippen LogP contribution is -2.33. The van der Waals surface area contributed by atoms with E-state index in [2.05, 4.69) is 20.9 Å². The second kappa shape index (κ2) is 10.4. The highest BCUT2D eigenvalue weighted by Crippen LogP contribution is 2.20. The first kappa shape index (κ1) is 22.7. The van der Waals surface area contributed by atoms with E-state index in [0.717, 1.165) is 10.5 Å². The van der Waals surface area contributed by atoms with Gasteiger partial charge in [0.1, 0.15) is 0 Å². The monoisotopic (exact) mass is 461 g/mol. The molecular weight excluding hydrogens is 438 g/mol. The van der Waals surface area contributed by atoms with Crippen LogP contribution in [0.25, 0.3) is 11.3 Å². The third kappa shape index (κ3) is 5.85. The van der Waals surface area contributed by atoms with Gasteiger partial charge in [0.15, 0.2) is 11.7 Å². The van der Waals surface area contributed by atoms with Crippen LogP contribution in [0.2, 0.25) is 0 Å². The molecule has 2 heterocycles. The number of carbonyl (C=O) groups excluding carboxylic acids is 4. The van der Waals surface area contributed by atoms with E-state index < -0.39 is 6.03 Å². The molecule has 0 bridgehead atoms. The van der Waals surface area contributed by atoms with E-state index in [-0.39, 0.29) is 43.7 Å². The largest absolute Gasteiger partial charge is 0.441 e. The molecule has 3 aromatic rings. The number of oxazole rings is 1. The molecule has 174 valence electrons. The number of carbonyl (C=O) groups is 4. The van der Waals surface area contributed by atoms with E-state index in [1.807, 2.05) is 30.3 Å². The maximum absolute atomic E-state index is 12.3. The van der Waals surface area contributed by atoms with Crippen LogP contribution in [-0.2, 0) is 20.8 Å². The molecule has 0 atom stereocenters. The Balaban J connectivity index is 1.21. The summed E-state index contributed by atoms with van der Waals surface area (Å²) in [5.74, 6) is 0.274. The third-order valence-electron chi connectivity index (χ3n) is 5.13. The predicted molar refractivity (Wildman–Crippen MR) is 124 cm³/mol. The summed E-state index contributed by atoms with van der Waals surface area (Å²) in [7, 11) is 0. The first-order chi connectivity index (χ1) is 16.5. The van der Waals surface area contributed by atoms with Crippen molar-refractivity contribution in [1.29, 1.82) is 0 Å². The zero-order chi connectivity index (χ0) is 23.9. The highest BCUT2D eigenvalue weighted by Gasteiger charge is 2.28. The Morgan fingerprint density at radius 2 is 1.59 bits per heavy atom. The number of urea groups is 1. The van der Waals surface area contributed by atoms with E-state index in [9.17, 15) is 19.2 Å². The summed E-state index contributed by atoms with van der Waals surface area (Å²) >= 11 is 0. The quantitative estimate of drug-likeness (QED) is 0.420. The highest BCUT2D eigenvalue weighted by molar-refractivity contribution is 6.02. The summed E-state index contributed by atoms with van der Waals surface area (Å²) < 4.78 is 5.71. The van der Waals surface area contributed by atoms with Gasteiger partial charge in [0, 0.05) is 42.7 Å². The minimum absolute atomic E-state index is 0.00948. The number of hydrogen-bond donors (Lipinski definition) is 3. The molecule has 5 amide bonds. The molecule has 1 aliphatic heterocycles. The fourth-order valence-electron chi connectivity index (χ4n) is 3.36. The molecule has 0 aliphatic carbocycles. The van der Waals surface area contributed by atoms with Crippen LogP contribution in [-0.4, -0.2) is 46.7 Å². The summed E-state index contributed by atoms with van der Waals surface area (Å²) in [6.07, 6.45) is 2.21. The van der Waals surface area contributed by atoms with Crippen LogP contribution in [0, 0.1) is 0 Å².